The molecule has 0 radical (unpaired) electrons. The first kappa shape index (κ1) is 24.2. The summed E-state index contributed by atoms with van der Waals surface area (Å²) in [6.07, 6.45) is 8.32. The molecule has 4 heteroatoms. The minimum absolute atomic E-state index is 0.0198. The van der Waals surface area contributed by atoms with Gasteiger partial charge in [-0.3, -0.25) is 4.79 Å². The number of amides is 1. The van der Waals surface area contributed by atoms with Crippen LogP contribution >= 0.6 is 0 Å². The van der Waals surface area contributed by atoms with Crippen LogP contribution in [0.3, 0.4) is 0 Å². The fraction of sp³-hybridized carbons (Fsp3) is 0.667. The van der Waals surface area contributed by atoms with Crippen molar-refractivity contribution in [2.75, 3.05) is 5.32 Å². The molecule has 2 N–H and O–H groups in total. The van der Waals surface area contributed by atoms with Gasteiger partial charge in [-0.05, 0) is 35.8 Å². The number of hydrogen-bond acceptors (Lipinski definition) is 3. The van der Waals surface area contributed by atoms with Gasteiger partial charge in [0.15, 0.2) is 0 Å². The van der Waals surface area contributed by atoms with Gasteiger partial charge in [-0.1, -0.05) is 67.2 Å². The molecule has 0 saturated carbocycles. The molecule has 0 unspecified atom stereocenters. The third kappa shape index (κ3) is 8.04. The Hall–Kier alpha value is -1.84. The number of benzene rings is 1. The summed E-state index contributed by atoms with van der Waals surface area (Å²) in [5, 5.41) is 13.8. The summed E-state index contributed by atoms with van der Waals surface area (Å²) in [5.74, 6) is 0.346. The second kappa shape index (κ2) is 10.6. The van der Waals surface area contributed by atoms with Crippen LogP contribution in [-0.2, 0) is 20.4 Å². The van der Waals surface area contributed by atoms with Crippen molar-refractivity contribution in [3.63, 3.8) is 0 Å². The quantitative estimate of drug-likeness (QED) is 0.282. The number of nitrogens with one attached hydrogen (secondary N) is 1. The molecule has 0 aliphatic heterocycles. The van der Waals surface area contributed by atoms with Crippen molar-refractivity contribution in [3.05, 3.63) is 23.3 Å². The molecule has 0 fully saturated rings. The van der Waals surface area contributed by atoms with Crippen molar-refractivity contribution in [1.82, 2.24) is 0 Å². The van der Waals surface area contributed by atoms with Crippen LogP contribution in [0.25, 0.3) is 0 Å². The Kier molecular flexibility index (Phi) is 9.19. The van der Waals surface area contributed by atoms with Gasteiger partial charge >= 0.3 is 0 Å². The lowest BCUT2D eigenvalue weighted by molar-refractivity contribution is -0.116. The van der Waals surface area contributed by atoms with Crippen LogP contribution < -0.4 is 5.32 Å². The Morgan fingerprint density at radius 3 is 1.82 bits per heavy atom. The maximum absolute atomic E-state index is 12.4. The molecule has 28 heavy (non-hydrogen) atoms. The van der Waals surface area contributed by atoms with E-state index >= 15 is 0 Å². The van der Waals surface area contributed by atoms with E-state index in [0.29, 0.717) is 18.6 Å². The van der Waals surface area contributed by atoms with Crippen LogP contribution in [0.4, 0.5) is 5.69 Å². The Bertz CT molecular complexity index is 616. The van der Waals surface area contributed by atoms with Crippen LogP contribution in [0.5, 0.6) is 5.75 Å². The maximum atomic E-state index is 12.4. The summed E-state index contributed by atoms with van der Waals surface area (Å²) >= 11 is 0. The number of anilines is 1. The van der Waals surface area contributed by atoms with Crippen molar-refractivity contribution in [2.45, 2.75) is 104 Å². The molecule has 0 aliphatic carbocycles. The highest BCUT2D eigenvalue weighted by molar-refractivity contribution is 5.91. The van der Waals surface area contributed by atoms with Gasteiger partial charge in [-0.2, -0.15) is 0 Å². The van der Waals surface area contributed by atoms with Crippen molar-refractivity contribution < 1.29 is 14.7 Å². The molecule has 1 aromatic rings. The van der Waals surface area contributed by atoms with E-state index in [1.54, 1.807) is 0 Å². The van der Waals surface area contributed by atoms with Gasteiger partial charge in [0.1, 0.15) is 12.0 Å². The lowest BCUT2D eigenvalue weighted by Crippen LogP contribution is -2.19. The second-order valence-electron chi connectivity index (χ2n) is 9.79. The summed E-state index contributed by atoms with van der Waals surface area (Å²) in [7, 11) is 0. The predicted octanol–water partition coefficient (Wildman–Crippen LogP) is 6.25. The summed E-state index contributed by atoms with van der Waals surface area (Å²) in [4.78, 5) is 22.7. The van der Waals surface area contributed by atoms with Gasteiger partial charge < -0.3 is 15.2 Å². The van der Waals surface area contributed by atoms with E-state index in [2.05, 4.69) is 46.9 Å². The topological polar surface area (TPSA) is 66.4 Å². The highest BCUT2D eigenvalue weighted by atomic mass is 16.3. The number of carbonyl (C=O) groups excluding carboxylic acids is 2. The average Bonchev–Trinajstić information content (AvgIpc) is 2.56. The average molecular weight is 390 g/mol. The molecule has 4 nitrogen and oxygen atoms in total. The van der Waals surface area contributed by atoms with Crippen molar-refractivity contribution in [2.24, 2.45) is 0 Å². The summed E-state index contributed by atoms with van der Waals surface area (Å²) < 4.78 is 0. The number of unbranched alkanes of at least 4 members (excludes halogenated alkanes) is 6. The minimum Gasteiger partial charge on any atom is -0.507 e. The van der Waals surface area contributed by atoms with E-state index in [4.69, 9.17) is 0 Å². The van der Waals surface area contributed by atoms with E-state index in [1.165, 1.54) is 0 Å². The maximum Gasteiger partial charge on any atom is 0.224 e. The van der Waals surface area contributed by atoms with E-state index in [0.717, 1.165) is 61.6 Å². The van der Waals surface area contributed by atoms with E-state index in [9.17, 15) is 14.7 Å². The van der Waals surface area contributed by atoms with Crippen LogP contribution in [0.1, 0.15) is 104 Å². The van der Waals surface area contributed by atoms with Gasteiger partial charge in [-0.25, -0.2) is 0 Å². The molecule has 1 amide bonds. The zero-order chi connectivity index (χ0) is 21.4. The fourth-order valence-electron chi connectivity index (χ4n) is 3.29. The molecular formula is C24H39NO3. The van der Waals surface area contributed by atoms with Gasteiger partial charge in [-0.15, -0.1) is 0 Å². The number of hydrogen-bond donors (Lipinski definition) is 2. The first-order valence-electron chi connectivity index (χ1n) is 10.6. The van der Waals surface area contributed by atoms with Crippen LogP contribution in [0, 0.1) is 0 Å². The van der Waals surface area contributed by atoms with E-state index in [-0.39, 0.29) is 16.7 Å². The third-order valence-corrected chi connectivity index (χ3v) is 4.99. The van der Waals surface area contributed by atoms with Gasteiger partial charge in [0.2, 0.25) is 5.91 Å². The van der Waals surface area contributed by atoms with Crippen LogP contribution in [0.2, 0.25) is 0 Å². The zero-order valence-corrected chi connectivity index (χ0v) is 18.7. The van der Waals surface area contributed by atoms with Crippen molar-refractivity contribution >= 4 is 17.9 Å². The number of carbonyl (C=O) groups is 2. The first-order chi connectivity index (χ1) is 13.0. The number of aldehydes is 1. The molecule has 0 saturated heterocycles. The van der Waals surface area contributed by atoms with Crippen molar-refractivity contribution in [3.8, 4) is 5.75 Å². The zero-order valence-electron chi connectivity index (χ0n) is 18.7. The first-order valence-corrected chi connectivity index (χ1v) is 10.6. The molecule has 0 aromatic heterocycles. The molecule has 0 aliphatic rings. The lowest BCUT2D eigenvalue weighted by atomic mass is 9.79. The SMILES string of the molecule is CC(C)(C)c1cc(NC(=O)CCCCCCCCC=O)cc(C(C)(C)C)c1O. The standard InChI is InChI=1S/C24H39NO3/c1-23(2,3)19-16-18(17-20(22(19)28)24(4,5)6)25-21(27)14-12-10-8-7-9-11-13-15-26/h15-17,28H,7-14H2,1-6H3,(H,25,27). The number of aromatic hydroxyl groups is 1. The molecular weight excluding hydrogens is 350 g/mol. The molecule has 0 heterocycles. The monoisotopic (exact) mass is 389 g/mol. The largest absolute Gasteiger partial charge is 0.507 e. The summed E-state index contributed by atoms with van der Waals surface area (Å²) in [5.41, 5.74) is 2.03. The predicted molar refractivity (Wildman–Crippen MR) is 117 cm³/mol. The third-order valence-electron chi connectivity index (χ3n) is 4.99. The molecule has 158 valence electrons. The Labute approximate surface area is 171 Å². The Morgan fingerprint density at radius 1 is 0.893 bits per heavy atom. The number of phenols is 1. The number of rotatable bonds is 10. The normalized spacial score (nSPS) is 12.1. The Balaban J connectivity index is 2.68. The second-order valence-corrected chi connectivity index (χ2v) is 9.79. The van der Waals surface area contributed by atoms with Gasteiger partial charge in [0.05, 0.1) is 0 Å². The molecule has 0 atom stereocenters. The minimum atomic E-state index is -0.214. The molecule has 0 spiro atoms. The summed E-state index contributed by atoms with van der Waals surface area (Å²) in [6, 6.07) is 3.80. The molecule has 0 bridgehead atoms. The lowest BCUT2D eigenvalue weighted by Gasteiger charge is -2.28. The molecule has 1 aromatic carbocycles. The van der Waals surface area contributed by atoms with E-state index < -0.39 is 0 Å². The fourth-order valence-corrected chi connectivity index (χ4v) is 3.29. The summed E-state index contributed by atoms with van der Waals surface area (Å²) in [6.45, 7) is 12.4. The van der Waals surface area contributed by atoms with E-state index in [1.807, 2.05) is 12.1 Å². The van der Waals surface area contributed by atoms with Crippen LogP contribution in [-0.4, -0.2) is 17.3 Å². The molecule has 1 rings (SSSR count). The highest BCUT2D eigenvalue weighted by Crippen LogP contribution is 2.41. The van der Waals surface area contributed by atoms with Gasteiger partial charge in [0, 0.05) is 29.7 Å². The van der Waals surface area contributed by atoms with Gasteiger partial charge in [0.25, 0.3) is 0 Å². The van der Waals surface area contributed by atoms with Crippen LogP contribution in [0.15, 0.2) is 12.1 Å². The number of phenolic OH excluding ortho intramolecular Hbond substituents is 1. The smallest absolute Gasteiger partial charge is 0.224 e. The van der Waals surface area contributed by atoms with Crippen molar-refractivity contribution in [1.29, 1.82) is 0 Å². The highest BCUT2D eigenvalue weighted by Gasteiger charge is 2.26. The Morgan fingerprint density at radius 2 is 1.36 bits per heavy atom.